The molecule has 0 aromatic carbocycles. The number of hydrogen-bond acceptors (Lipinski definition) is 6. The minimum Gasteiger partial charge on any atom is -0.392 e. The summed E-state index contributed by atoms with van der Waals surface area (Å²) in [6.07, 6.45) is 1.70. The van der Waals surface area contributed by atoms with Crippen LogP contribution in [0.1, 0.15) is 25.7 Å². The van der Waals surface area contributed by atoms with E-state index in [0.717, 1.165) is 12.8 Å². The number of aliphatic hydroxyl groups excluding tert-OH is 1. The van der Waals surface area contributed by atoms with E-state index in [1.54, 1.807) is 0 Å². The van der Waals surface area contributed by atoms with E-state index in [2.05, 4.69) is 10.0 Å². The number of sulfonamides is 1. The molecule has 0 heterocycles. The van der Waals surface area contributed by atoms with E-state index in [1.165, 1.54) is 18.5 Å². The second kappa shape index (κ2) is 13.5. The van der Waals surface area contributed by atoms with Crippen molar-refractivity contribution in [3.05, 3.63) is 10.4 Å². The molecule has 0 amide bonds. The van der Waals surface area contributed by atoms with Crippen molar-refractivity contribution in [3.8, 4) is 0 Å². The van der Waals surface area contributed by atoms with Gasteiger partial charge in [0.25, 0.3) is 0 Å². The van der Waals surface area contributed by atoms with Crippen LogP contribution in [0.5, 0.6) is 0 Å². The molecule has 0 aromatic rings. The fourth-order valence-corrected chi connectivity index (χ4v) is 3.56. The number of rotatable bonds is 15. The van der Waals surface area contributed by atoms with Crippen LogP contribution in [0.2, 0.25) is 0 Å². The monoisotopic (exact) mass is 352 g/mol. The van der Waals surface area contributed by atoms with Crippen LogP contribution in [0.4, 0.5) is 0 Å². The lowest BCUT2D eigenvalue weighted by atomic mass is 10.1. The molecule has 0 aromatic heterocycles. The van der Waals surface area contributed by atoms with Crippen LogP contribution in [0.3, 0.4) is 0 Å². The molecular formula is C13H28N4O5S. The van der Waals surface area contributed by atoms with Crippen molar-refractivity contribution in [3.63, 3.8) is 0 Å². The standard InChI is InChI=1S/C13H28N4O5S/c1-21-10-8-17(9-11-22-2)23(19,20)12-13(18)6-4-3-5-7-15-16-14/h13,18H,3-12H2,1-2H3. The van der Waals surface area contributed by atoms with Crippen LogP contribution in [0.15, 0.2) is 5.11 Å². The summed E-state index contributed by atoms with van der Waals surface area (Å²) >= 11 is 0. The first-order chi connectivity index (χ1) is 11.0. The van der Waals surface area contributed by atoms with Crippen LogP contribution >= 0.6 is 0 Å². The highest BCUT2D eigenvalue weighted by Gasteiger charge is 2.24. The van der Waals surface area contributed by atoms with Gasteiger partial charge in [0, 0.05) is 38.8 Å². The van der Waals surface area contributed by atoms with Crippen molar-refractivity contribution >= 4 is 10.0 Å². The number of hydrogen-bond donors (Lipinski definition) is 1. The van der Waals surface area contributed by atoms with Gasteiger partial charge in [-0.1, -0.05) is 18.0 Å². The van der Waals surface area contributed by atoms with Crippen LogP contribution in [-0.2, 0) is 19.5 Å². The Morgan fingerprint density at radius 2 is 1.78 bits per heavy atom. The second-order valence-corrected chi connectivity index (χ2v) is 7.13. The van der Waals surface area contributed by atoms with Crippen molar-refractivity contribution in [2.45, 2.75) is 31.8 Å². The average molecular weight is 352 g/mol. The summed E-state index contributed by atoms with van der Waals surface area (Å²) in [4.78, 5) is 2.66. The first kappa shape index (κ1) is 22.1. The Hall–Kier alpha value is -0.900. The molecule has 136 valence electrons. The minimum absolute atomic E-state index is 0.237. The molecular weight excluding hydrogens is 324 g/mol. The molecule has 0 saturated heterocycles. The maximum atomic E-state index is 12.3. The maximum Gasteiger partial charge on any atom is 0.216 e. The molecule has 1 atom stereocenters. The van der Waals surface area contributed by atoms with Gasteiger partial charge in [-0.05, 0) is 18.4 Å². The summed E-state index contributed by atoms with van der Waals surface area (Å²) in [5.74, 6) is -0.309. The van der Waals surface area contributed by atoms with Gasteiger partial charge in [-0.3, -0.25) is 0 Å². The lowest BCUT2D eigenvalue weighted by Gasteiger charge is -2.23. The Balaban J connectivity index is 4.28. The van der Waals surface area contributed by atoms with E-state index in [9.17, 15) is 13.5 Å². The van der Waals surface area contributed by atoms with Crippen molar-refractivity contribution < 1.29 is 23.0 Å². The number of aliphatic hydroxyl groups is 1. The normalized spacial score (nSPS) is 13.0. The van der Waals surface area contributed by atoms with E-state index in [-0.39, 0.29) is 18.8 Å². The predicted molar refractivity (Wildman–Crippen MR) is 87.6 cm³/mol. The van der Waals surface area contributed by atoms with Crippen molar-refractivity contribution in [1.82, 2.24) is 4.31 Å². The molecule has 0 radical (unpaired) electrons. The Morgan fingerprint density at radius 3 is 2.30 bits per heavy atom. The van der Waals surface area contributed by atoms with E-state index in [1.807, 2.05) is 0 Å². The Bertz CT molecular complexity index is 432. The van der Waals surface area contributed by atoms with Gasteiger partial charge >= 0.3 is 0 Å². The lowest BCUT2D eigenvalue weighted by molar-refractivity contribution is 0.147. The van der Waals surface area contributed by atoms with Gasteiger partial charge in [0.05, 0.1) is 25.1 Å². The van der Waals surface area contributed by atoms with Gasteiger partial charge < -0.3 is 14.6 Å². The zero-order valence-corrected chi connectivity index (χ0v) is 14.7. The first-order valence-electron chi connectivity index (χ1n) is 7.62. The molecule has 9 nitrogen and oxygen atoms in total. The molecule has 1 unspecified atom stereocenters. The molecule has 1 N–H and O–H groups in total. The van der Waals surface area contributed by atoms with E-state index in [4.69, 9.17) is 15.0 Å². The fourth-order valence-electron chi connectivity index (χ4n) is 1.99. The summed E-state index contributed by atoms with van der Waals surface area (Å²) in [6, 6.07) is 0. The summed E-state index contributed by atoms with van der Waals surface area (Å²) in [5.41, 5.74) is 8.14. The van der Waals surface area contributed by atoms with E-state index in [0.29, 0.717) is 32.6 Å². The van der Waals surface area contributed by atoms with Gasteiger partial charge in [-0.15, -0.1) is 0 Å². The number of azide groups is 1. The minimum atomic E-state index is -3.56. The fraction of sp³-hybridized carbons (Fsp3) is 1.00. The Kier molecular flexibility index (Phi) is 13.0. The van der Waals surface area contributed by atoms with Gasteiger partial charge in [0.2, 0.25) is 10.0 Å². The van der Waals surface area contributed by atoms with E-state index < -0.39 is 16.1 Å². The van der Waals surface area contributed by atoms with Crippen molar-refractivity contribution in [2.24, 2.45) is 5.11 Å². The molecule has 0 aliphatic heterocycles. The topological polar surface area (TPSA) is 125 Å². The number of nitrogens with zero attached hydrogens (tertiary/aromatic N) is 4. The van der Waals surface area contributed by atoms with Crippen molar-refractivity contribution in [1.29, 1.82) is 0 Å². The molecule has 0 saturated carbocycles. The molecule has 0 spiro atoms. The third-order valence-corrected chi connectivity index (χ3v) is 5.20. The average Bonchev–Trinajstić information content (AvgIpc) is 2.50. The van der Waals surface area contributed by atoms with Gasteiger partial charge in [-0.2, -0.15) is 4.31 Å². The van der Waals surface area contributed by atoms with Crippen LogP contribution in [-0.4, -0.2) is 76.8 Å². The smallest absolute Gasteiger partial charge is 0.216 e. The van der Waals surface area contributed by atoms with Crippen molar-refractivity contribution in [2.75, 3.05) is 52.8 Å². The number of unbranched alkanes of at least 4 members (excludes halogenated alkanes) is 2. The molecule has 0 rings (SSSR count). The molecule has 0 fully saturated rings. The summed E-state index contributed by atoms with van der Waals surface area (Å²) in [7, 11) is -0.548. The Morgan fingerprint density at radius 1 is 1.17 bits per heavy atom. The zero-order chi connectivity index (χ0) is 17.6. The Labute approximate surface area is 138 Å². The highest BCUT2D eigenvalue weighted by Crippen LogP contribution is 2.10. The van der Waals surface area contributed by atoms with Gasteiger partial charge in [-0.25, -0.2) is 8.42 Å². The third-order valence-electron chi connectivity index (χ3n) is 3.24. The quantitative estimate of drug-likeness (QED) is 0.205. The SMILES string of the molecule is COCCN(CCOC)S(=O)(=O)CC(O)CCCCCN=[N+]=[N-]. The number of methoxy groups -OCH3 is 2. The van der Waals surface area contributed by atoms with Crippen LogP contribution in [0, 0.1) is 0 Å². The first-order valence-corrected chi connectivity index (χ1v) is 9.23. The molecule has 0 aliphatic carbocycles. The molecule has 23 heavy (non-hydrogen) atoms. The van der Waals surface area contributed by atoms with Gasteiger partial charge in [0.1, 0.15) is 0 Å². The molecule has 0 bridgehead atoms. The summed E-state index contributed by atoms with van der Waals surface area (Å²) in [6.45, 7) is 1.48. The summed E-state index contributed by atoms with van der Waals surface area (Å²) < 4.78 is 35.8. The molecule has 0 aliphatic rings. The van der Waals surface area contributed by atoms with Crippen LogP contribution < -0.4 is 0 Å². The predicted octanol–water partition coefficient (Wildman–Crippen LogP) is 1.14. The van der Waals surface area contributed by atoms with E-state index >= 15 is 0 Å². The maximum absolute atomic E-state index is 12.3. The highest BCUT2D eigenvalue weighted by atomic mass is 32.2. The third kappa shape index (κ3) is 11.3. The second-order valence-electron chi connectivity index (χ2n) is 5.12. The summed E-state index contributed by atoms with van der Waals surface area (Å²) in [5, 5.41) is 13.4. The lowest BCUT2D eigenvalue weighted by Crippen LogP contribution is -2.40. The largest absolute Gasteiger partial charge is 0.392 e. The van der Waals surface area contributed by atoms with Gasteiger partial charge in [0.15, 0.2) is 0 Å². The van der Waals surface area contributed by atoms with Crippen LogP contribution in [0.25, 0.3) is 10.4 Å². The highest BCUT2D eigenvalue weighted by molar-refractivity contribution is 7.89. The number of ether oxygens (including phenoxy) is 2. The zero-order valence-electron chi connectivity index (χ0n) is 13.9. The molecule has 10 heteroatoms.